The third-order valence-electron chi connectivity index (χ3n) is 6.70. The molecule has 168 valence electrons. The van der Waals surface area contributed by atoms with Crippen molar-refractivity contribution in [3.8, 4) is 11.5 Å². The molecule has 2 amide bonds. The van der Waals surface area contributed by atoms with Crippen LogP contribution in [0.4, 0.5) is 0 Å². The third kappa shape index (κ3) is 3.71. The minimum absolute atomic E-state index is 0.134. The van der Waals surface area contributed by atoms with Crippen LogP contribution in [0.5, 0.6) is 11.5 Å². The van der Waals surface area contributed by atoms with E-state index in [4.69, 9.17) is 14.2 Å². The second-order valence-electron chi connectivity index (χ2n) is 8.73. The van der Waals surface area contributed by atoms with E-state index in [9.17, 15) is 9.59 Å². The zero-order chi connectivity index (χ0) is 22.1. The molecule has 1 aliphatic carbocycles. The van der Waals surface area contributed by atoms with Gasteiger partial charge in [0, 0.05) is 12.1 Å². The van der Waals surface area contributed by atoms with Crippen molar-refractivity contribution < 1.29 is 23.8 Å². The van der Waals surface area contributed by atoms with Crippen LogP contribution in [0.25, 0.3) is 0 Å². The molecule has 1 saturated heterocycles. The number of nitrogens with one attached hydrogen (secondary N) is 1. The summed E-state index contributed by atoms with van der Waals surface area (Å²) in [5, 5.41) is 3.00. The summed E-state index contributed by atoms with van der Waals surface area (Å²) in [7, 11) is 0. The molecule has 3 aliphatic rings. The molecule has 0 unspecified atom stereocenters. The fourth-order valence-electron chi connectivity index (χ4n) is 4.97. The van der Waals surface area contributed by atoms with Gasteiger partial charge in [-0.2, -0.15) is 0 Å². The maximum atomic E-state index is 13.7. The highest BCUT2D eigenvalue weighted by Crippen LogP contribution is 2.41. The third-order valence-corrected chi connectivity index (χ3v) is 6.70. The number of nitrogens with zero attached hydrogens (tertiary/aromatic N) is 1. The summed E-state index contributed by atoms with van der Waals surface area (Å²) in [6.07, 6.45) is 4.62. The van der Waals surface area contributed by atoms with Gasteiger partial charge in [-0.3, -0.25) is 14.5 Å². The van der Waals surface area contributed by atoms with Crippen LogP contribution in [-0.2, 0) is 16.1 Å². The Morgan fingerprint density at radius 1 is 1.06 bits per heavy atom. The average molecular weight is 437 g/mol. The van der Waals surface area contributed by atoms with Crippen LogP contribution >= 0.6 is 0 Å². The normalized spacial score (nSPS) is 21.0. The van der Waals surface area contributed by atoms with Gasteiger partial charge in [-0.15, -0.1) is 0 Å². The molecule has 2 aromatic rings. The van der Waals surface area contributed by atoms with Gasteiger partial charge in [0.2, 0.25) is 12.7 Å². The van der Waals surface area contributed by atoms with Gasteiger partial charge < -0.3 is 19.5 Å². The lowest BCUT2D eigenvalue weighted by atomic mass is 9.89. The van der Waals surface area contributed by atoms with E-state index >= 15 is 0 Å². The number of amides is 2. The Labute approximate surface area is 187 Å². The van der Waals surface area contributed by atoms with E-state index in [1.54, 1.807) is 4.90 Å². The van der Waals surface area contributed by atoms with Crippen molar-refractivity contribution in [1.29, 1.82) is 0 Å². The summed E-state index contributed by atoms with van der Waals surface area (Å²) in [6.45, 7) is 2.69. The highest BCUT2D eigenvalue weighted by molar-refractivity contribution is 5.99. The van der Waals surface area contributed by atoms with Crippen LogP contribution in [0.15, 0.2) is 42.5 Å². The molecule has 1 spiro atoms. The molecule has 2 fully saturated rings. The molecule has 1 saturated carbocycles. The molecule has 0 radical (unpaired) electrons. The van der Waals surface area contributed by atoms with Crippen LogP contribution in [0.1, 0.15) is 53.6 Å². The first kappa shape index (κ1) is 20.8. The van der Waals surface area contributed by atoms with Gasteiger partial charge >= 0.3 is 0 Å². The molecule has 32 heavy (non-hydrogen) atoms. The summed E-state index contributed by atoms with van der Waals surface area (Å²) in [4.78, 5) is 28.7. The SMILES string of the molecule is Cc1ccccc1C(=O)N1[C@H](C(=O)NCc2ccc3c(c2)OCO3)COC12CCCCC2. The van der Waals surface area contributed by atoms with Gasteiger partial charge in [-0.1, -0.05) is 30.7 Å². The Balaban J connectivity index is 1.37. The molecule has 2 aromatic carbocycles. The van der Waals surface area contributed by atoms with Gasteiger partial charge in [-0.25, -0.2) is 0 Å². The number of ether oxygens (including phenoxy) is 3. The number of carbonyl (C=O) groups excluding carboxylic acids is 2. The second-order valence-corrected chi connectivity index (χ2v) is 8.73. The topological polar surface area (TPSA) is 77.1 Å². The lowest BCUT2D eigenvalue weighted by Gasteiger charge is -2.41. The highest BCUT2D eigenvalue weighted by atomic mass is 16.7. The number of hydrogen-bond acceptors (Lipinski definition) is 5. The number of hydrogen-bond donors (Lipinski definition) is 1. The largest absolute Gasteiger partial charge is 0.454 e. The highest BCUT2D eigenvalue weighted by Gasteiger charge is 2.53. The van der Waals surface area contributed by atoms with E-state index < -0.39 is 11.8 Å². The number of carbonyl (C=O) groups is 2. The van der Waals surface area contributed by atoms with Crippen molar-refractivity contribution in [1.82, 2.24) is 10.2 Å². The fraction of sp³-hybridized carbons (Fsp3) is 0.440. The maximum absolute atomic E-state index is 13.7. The molecular weight excluding hydrogens is 408 g/mol. The van der Waals surface area contributed by atoms with Crippen LogP contribution < -0.4 is 14.8 Å². The monoisotopic (exact) mass is 436 g/mol. The molecule has 0 bridgehead atoms. The Kier molecular flexibility index (Phi) is 5.51. The van der Waals surface area contributed by atoms with Crippen molar-refractivity contribution in [2.45, 2.75) is 57.3 Å². The lowest BCUT2D eigenvalue weighted by Crippen LogP contribution is -2.56. The first-order chi connectivity index (χ1) is 15.6. The van der Waals surface area contributed by atoms with E-state index in [1.807, 2.05) is 49.4 Å². The Morgan fingerprint density at radius 3 is 2.66 bits per heavy atom. The Bertz CT molecular complexity index is 1030. The number of fused-ring (bicyclic) bond motifs is 1. The van der Waals surface area contributed by atoms with Crippen molar-refractivity contribution in [3.63, 3.8) is 0 Å². The zero-order valence-corrected chi connectivity index (χ0v) is 18.3. The molecule has 5 rings (SSSR count). The smallest absolute Gasteiger partial charge is 0.257 e. The van der Waals surface area contributed by atoms with Gasteiger partial charge in [0.25, 0.3) is 5.91 Å². The lowest BCUT2D eigenvalue weighted by molar-refractivity contribution is -0.127. The van der Waals surface area contributed by atoms with E-state index in [-0.39, 0.29) is 25.2 Å². The molecule has 1 N–H and O–H groups in total. The van der Waals surface area contributed by atoms with Gasteiger partial charge in [0.05, 0.1) is 6.61 Å². The molecule has 2 heterocycles. The first-order valence-corrected chi connectivity index (χ1v) is 11.3. The van der Waals surface area contributed by atoms with E-state index in [0.717, 1.165) is 43.2 Å². The zero-order valence-electron chi connectivity index (χ0n) is 18.3. The molecule has 2 aliphatic heterocycles. The molecular formula is C25H28N2O5. The standard InChI is InChI=1S/C25H28N2O5/c1-17-7-3-4-8-19(17)24(29)27-20(15-32-25(27)11-5-2-6-12-25)23(28)26-14-18-9-10-21-22(13-18)31-16-30-21/h3-4,7-10,13,20H,2,5-6,11-12,14-16H2,1H3,(H,26,28)/t20-/m0/s1. The average Bonchev–Trinajstić information content (AvgIpc) is 3.42. The number of rotatable bonds is 4. The fourth-order valence-corrected chi connectivity index (χ4v) is 4.97. The summed E-state index contributed by atoms with van der Waals surface area (Å²) >= 11 is 0. The minimum Gasteiger partial charge on any atom is -0.454 e. The van der Waals surface area contributed by atoms with Crippen molar-refractivity contribution >= 4 is 11.8 Å². The quantitative estimate of drug-likeness (QED) is 0.793. The van der Waals surface area contributed by atoms with Crippen LogP contribution in [0, 0.1) is 6.92 Å². The number of aryl methyl sites for hydroxylation is 1. The minimum atomic E-state index is -0.696. The van der Waals surface area contributed by atoms with Crippen LogP contribution in [0.2, 0.25) is 0 Å². The Morgan fingerprint density at radius 2 is 1.84 bits per heavy atom. The van der Waals surface area contributed by atoms with E-state index in [0.29, 0.717) is 23.6 Å². The predicted molar refractivity (Wildman–Crippen MR) is 117 cm³/mol. The summed E-state index contributed by atoms with van der Waals surface area (Å²) in [5.74, 6) is 1.05. The first-order valence-electron chi connectivity index (χ1n) is 11.3. The summed E-state index contributed by atoms with van der Waals surface area (Å²) < 4.78 is 17.0. The molecule has 7 heteroatoms. The van der Waals surface area contributed by atoms with Gasteiger partial charge in [0.1, 0.15) is 11.8 Å². The second kappa shape index (κ2) is 8.47. The predicted octanol–water partition coefficient (Wildman–Crippen LogP) is 3.54. The molecule has 7 nitrogen and oxygen atoms in total. The Hall–Kier alpha value is -3.06. The van der Waals surface area contributed by atoms with Gasteiger partial charge in [-0.05, 0) is 61.9 Å². The van der Waals surface area contributed by atoms with Crippen molar-refractivity contribution in [3.05, 3.63) is 59.2 Å². The van der Waals surface area contributed by atoms with E-state index in [1.165, 1.54) is 0 Å². The number of benzene rings is 2. The van der Waals surface area contributed by atoms with E-state index in [2.05, 4.69) is 5.32 Å². The molecule has 0 aromatic heterocycles. The molecule has 1 atom stereocenters. The maximum Gasteiger partial charge on any atom is 0.257 e. The summed E-state index contributed by atoms with van der Waals surface area (Å²) in [6, 6.07) is 12.5. The van der Waals surface area contributed by atoms with Crippen molar-refractivity contribution in [2.75, 3.05) is 13.4 Å². The summed E-state index contributed by atoms with van der Waals surface area (Å²) in [5.41, 5.74) is 1.73. The van der Waals surface area contributed by atoms with Gasteiger partial charge in [0.15, 0.2) is 11.5 Å². The van der Waals surface area contributed by atoms with Crippen molar-refractivity contribution in [2.24, 2.45) is 0 Å². The van der Waals surface area contributed by atoms with Crippen LogP contribution in [0.3, 0.4) is 0 Å². The van der Waals surface area contributed by atoms with Crippen LogP contribution in [-0.4, -0.2) is 41.9 Å².